The SMILES string of the molecule is CC.Cc1cc(F)c(C2NC(C)Cc3c2ccc2[nH]ncc32)c(F)c1. The van der Waals surface area contributed by atoms with Crippen LogP contribution in [0.15, 0.2) is 30.5 Å². The normalized spacial score (nSPS) is 19.3. The summed E-state index contributed by atoms with van der Waals surface area (Å²) in [7, 11) is 0. The smallest absolute Gasteiger partial charge is 0.131 e. The van der Waals surface area contributed by atoms with Crippen molar-refractivity contribution in [3.63, 3.8) is 0 Å². The number of H-pyrrole nitrogens is 1. The molecule has 0 radical (unpaired) electrons. The fraction of sp³-hybridized carbons (Fsp3) is 0.350. The lowest BCUT2D eigenvalue weighted by Gasteiger charge is -2.32. The van der Waals surface area contributed by atoms with E-state index in [0.29, 0.717) is 5.56 Å². The van der Waals surface area contributed by atoms with Crippen molar-refractivity contribution in [3.05, 3.63) is 64.4 Å². The summed E-state index contributed by atoms with van der Waals surface area (Å²) in [6.07, 6.45) is 2.59. The zero-order valence-electron chi connectivity index (χ0n) is 15.0. The van der Waals surface area contributed by atoms with Gasteiger partial charge >= 0.3 is 0 Å². The maximum Gasteiger partial charge on any atom is 0.131 e. The van der Waals surface area contributed by atoms with E-state index in [1.807, 2.05) is 32.9 Å². The van der Waals surface area contributed by atoms with Crippen LogP contribution in [0.5, 0.6) is 0 Å². The van der Waals surface area contributed by atoms with Gasteiger partial charge in [0.2, 0.25) is 0 Å². The van der Waals surface area contributed by atoms with Crippen LogP contribution in [0, 0.1) is 18.6 Å². The van der Waals surface area contributed by atoms with Crippen LogP contribution < -0.4 is 5.32 Å². The first-order valence-corrected chi connectivity index (χ1v) is 8.71. The van der Waals surface area contributed by atoms with Gasteiger partial charge in [-0.2, -0.15) is 5.10 Å². The van der Waals surface area contributed by atoms with Gasteiger partial charge in [-0.25, -0.2) is 8.78 Å². The van der Waals surface area contributed by atoms with E-state index in [-0.39, 0.29) is 11.6 Å². The van der Waals surface area contributed by atoms with E-state index in [1.54, 1.807) is 13.1 Å². The van der Waals surface area contributed by atoms with E-state index in [0.717, 1.165) is 28.5 Å². The molecule has 2 aromatic carbocycles. The minimum Gasteiger partial charge on any atom is -0.303 e. The predicted molar refractivity (Wildman–Crippen MR) is 96.7 cm³/mol. The highest BCUT2D eigenvalue weighted by atomic mass is 19.1. The third kappa shape index (κ3) is 3.04. The second kappa shape index (κ2) is 6.92. The molecule has 1 aromatic heterocycles. The maximum atomic E-state index is 14.5. The number of hydrogen-bond donors (Lipinski definition) is 2. The summed E-state index contributed by atoms with van der Waals surface area (Å²) < 4.78 is 28.9. The Labute approximate surface area is 146 Å². The second-order valence-electron chi connectivity index (χ2n) is 6.31. The fourth-order valence-electron chi connectivity index (χ4n) is 3.56. The Morgan fingerprint density at radius 3 is 2.48 bits per heavy atom. The van der Waals surface area contributed by atoms with Crippen molar-refractivity contribution in [2.45, 2.75) is 46.2 Å². The fourth-order valence-corrected chi connectivity index (χ4v) is 3.56. The first kappa shape index (κ1) is 17.5. The van der Waals surface area contributed by atoms with E-state index >= 15 is 0 Å². The molecule has 2 heterocycles. The number of nitrogens with zero attached hydrogens (tertiary/aromatic N) is 1. The zero-order chi connectivity index (χ0) is 18.1. The third-order valence-corrected chi connectivity index (χ3v) is 4.56. The van der Waals surface area contributed by atoms with Gasteiger partial charge in [-0.15, -0.1) is 0 Å². The first-order chi connectivity index (χ1) is 12.0. The summed E-state index contributed by atoms with van der Waals surface area (Å²) >= 11 is 0. The number of halogens is 2. The van der Waals surface area contributed by atoms with Crippen molar-refractivity contribution < 1.29 is 8.78 Å². The summed E-state index contributed by atoms with van der Waals surface area (Å²) in [4.78, 5) is 0. The van der Waals surface area contributed by atoms with Gasteiger partial charge in [0.05, 0.1) is 17.8 Å². The Bertz CT molecular complexity index is 878. The molecule has 0 saturated heterocycles. The summed E-state index contributed by atoms with van der Waals surface area (Å²) in [5.41, 5.74) is 3.64. The van der Waals surface area contributed by atoms with Crippen LogP contribution in [0.25, 0.3) is 10.9 Å². The molecule has 1 aliphatic rings. The summed E-state index contributed by atoms with van der Waals surface area (Å²) in [5, 5.41) is 11.4. The number of hydrogen-bond acceptors (Lipinski definition) is 2. The van der Waals surface area contributed by atoms with Gasteiger partial charge in [-0.05, 0) is 55.2 Å². The highest BCUT2D eigenvalue weighted by molar-refractivity contribution is 5.83. The van der Waals surface area contributed by atoms with Gasteiger partial charge < -0.3 is 5.32 Å². The molecule has 0 aliphatic carbocycles. The summed E-state index contributed by atoms with van der Waals surface area (Å²) in [6.45, 7) is 7.72. The number of aromatic nitrogens is 2. The molecule has 0 amide bonds. The van der Waals surface area contributed by atoms with Crippen molar-refractivity contribution >= 4 is 10.9 Å². The number of benzene rings is 2. The van der Waals surface area contributed by atoms with Gasteiger partial charge in [-0.1, -0.05) is 19.9 Å². The van der Waals surface area contributed by atoms with Crippen LogP contribution in [0.4, 0.5) is 8.78 Å². The van der Waals surface area contributed by atoms with Crippen molar-refractivity contribution in [1.29, 1.82) is 0 Å². The molecule has 0 saturated carbocycles. The molecule has 2 atom stereocenters. The van der Waals surface area contributed by atoms with E-state index in [2.05, 4.69) is 15.5 Å². The summed E-state index contributed by atoms with van der Waals surface area (Å²) in [5.74, 6) is -1.01. The molecule has 132 valence electrons. The number of fused-ring (bicyclic) bond motifs is 3. The largest absolute Gasteiger partial charge is 0.303 e. The molecule has 1 aliphatic heterocycles. The van der Waals surface area contributed by atoms with E-state index in [4.69, 9.17) is 0 Å². The lowest BCUT2D eigenvalue weighted by molar-refractivity contribution is 0.434. The van der Waals surface area contributed by atoms with E-state index in [9.17, 15) is 8.78 Å². The molecule has 2 N–H and O–H groups in total. The molecule has 5 heteroatoms. The number of aromatic amines is 1. The quantitative estimate of drug-likeness (QED) is 0.666. The maximum absolute atomic E-state index is 14.5. The van der Waals surface area contributed by atoms with Gasteiger partial charge in [0.1, 0.15) is 11.6 Å². The van der Waals surface area contributed by atoms with Gasteiger partial charge in [-0.3, -0.25) is 5.10 Å². The minimum absolute atomic E-state index is 0.0891. The Kier molecular flexibility index (Phi) is 4.86. The standard InChI is InChI=1S/C18H17F2N3.C2H6/c1-9-5-14(19)17(15(20)6-9)18-11-3-4-16-13(8-21-23-16)12(11)7-10(2)22-18;1-2/h3-6,8,10,18,22H,7H2,1-2H3,(H,21,23);1-2H3. The molecule has 0 fully saturated rings. The van der Waals surface area contributed by atoms with Crippen LogP contribution in [0.3, 0.4) is 0 Å². The topological polar surface area (TPSA) is 40.7 Å². The molecule has 25 heavy (non-hydrogen) atoms. The van der Waals surface area contributed by atoms with Crippen molar-refractivity contribution in [3.8, 4) is 0 Å². The Morgan fingerprint density at radius 2 is 1.80 bits per heavy atom. The predicted octanol–water partition coefficient (Wildman–Crippen LogP) is 4.80. The molecule has 4 rings (SSSR count). The Hall–Kier alpha value is -2.27. The highest BCUT2D eigenvalue weighted by Crippen LogP contribution is 2.36. The Morgan fingerprint density at radius 1 is 1.12 bits per heavy atom. The van der Waals surface area contributed by atoms with Crippen molar-refractivity contribution in [2.75, 3.05) is 0 Å². The first-order valence-electron chi connectivity index (χ1n) is 8.71. The van der Waals surface area contributed by atoms with Gasteiger partial charge in [0.25, 0.3) is 0 Å². The number of aryl methyl sites for hydroxylation is 1. The van der Waals surface area contributed by atoms with Crippen LogP contribution in [-0.4, -0.2) is 16.2 Å². The van der Waals surface area contributed by atoms with Crippen LogP contribution in [0.1, 0.15) is 49.1 Å². The van der Waals surface area contributed by atoms with Gasteiger partial charge in [0.15, 0.2) is 0 Å². The summed E-state index contributed by atoms with van der Waals surface area (Å²) in [6, 6.07) is 6.24. The van der Waals surface area contributed by atoms with Crippen LogP contribution in [-0.2, 0) is 6.42 Å². The number of rotatable bonds is 1. The van der Waals surface area contributed by atoms with Crippen LogP contribution in [0.2, 0.25) is 0 Å². The van der Waals surface area contributed by atoms with E-state index < -0.39 is 17.7 Å². The van der Waals surface area contributed by atoms with Crippen molar-refractivity contribution in [2.24, 2.45) is 0 Å². The second-order valence-corrected chi connectivity index (χ2v) is 6.31. The Balaban J connectivity index is 0.000000880. The average Bonchev–Trinajstić information content (AvgIpc) is 3.04. The molecule has 0 spiro atoms. The molecule has 0 bridgehead atoms. The van der Waals surface area contributed by atoms with Gasteiger partial charge in [0, 0.05) is 17.0 Å². The average molecular weight is 343 g/mol. The molecule has 2 unspecified atom stereocenters. The van der Waals surface area contributed by atoms with Crippen LogP contribution >= 0.6 is 0 Å². The third-order valence-electron chi connectivity index (χ3n) is 4.56. The highest BCUT2D eigenvalue weighted by Gasteiger charge is 2.30. The molecular formula is C20H23F2N3. The zero-order valence-corrected chi connectivity index (χ0v) is 15.0. The van der Waals surface area contributed by atoms with Crippen molar-refractivity contribution in [1.82, 2.24) is 15.5 Å². The molecular weight excluding hydrogens is 320 g/mol. The molecule has 3 aromatic rings. The minimum atomic E-state index is -0.507. The monoisotopic (exact) mass is 343 g/mol. The lowest BCUT2D eigenvalue weighted by atomic mass is 9.85. The lowest BCUT2D eigenvalue weighted by Crippen LogP contribution is -2.38. The molecule has 3 nitrogen and oxygen atoms in total. The number of nitrogens with one attached hydrogen (secondary N) is 2. The van der Waals surface area contributed by atoms with E-state index in [1.165, 1.54) is 12.1 Å².